The molecule has 2 bridgehead atoms. The number of halogens is 1. The number of nitrogens with zero attached hydrogens (tertiary/aromatic N) is 1. The zero-order chi connectivity index (χ0) is 8.06. The third-order valence-electron chi connectivity index (χ3n) is 3.52. The monoisotopic (exact) mass is 283 g/mol. The molecule has 0 aromatic heterocycles. The highest BCUT2D eigenvalue weighted by Crippen LogP contribution is 2.37. The Kier molecular flexibility index (Phi) is 3.06. The summed E-state index contributed by atoms with van der Waals surface area (Å²) in [7, 11) is 4.50. The Labute approximate surface area is 91.6 Å². The Hall–Kier alpha value is 0.650. The predicted octanol–water partition coefficient (Wildman–Crippen LogP) is -2.39. The van der Waals surface area contributed by atoms with Gasteiger partial charge in [0.05, 0.1) is 20.6 Å². The molecule has 2 saturated heterocycles. The maximum atomic E-state index is 9.72. The summed E-state index contributed by atoms with van der Waals surface area (Å²) in [5, 5.41) is 9.72. The Morgan fingerprint density at radius 3 is 2.25 bits per heavy atom. The lowest BCUT2D eigenvalue weighted by Crippen LogP contribution is -3.00. The van der Waals surface area contributed by atoms with Crippen LogP contribution < -0.4 is 24.0 Å². The van der Waals surface area contributed by atoms with E-state index in [0.717, 1.165) is 16.8 Å². The van der Waals surface area contributed by atoms with Crippen LogP contribution in [0.2, 0.25) is 0 Å². The Balaban J connectivity index is 0.000000720. The molecule has 3 unspecified atom stereocenters. The molecule has 1 saturated carbocycles. The van der Waals surface area contributed by atoms with Crippen molar-refractivity contribution < 1.29 is 33.6 Å². The second kappa shape index (κ2) is 3.42. The first-order valence-electron chi connectivity index (χ1n) is 4.60. The van der Waals surface area contributed by atoms with Gasteiger partial charge in [0, 0.05) is 12.3 Å². The standard InChI is InChI=1S/C9H18NO.HI/c1-10(2)6-7-3-4-8(10)9(11)5-7;/h7-9,11H,3-6H2,1-2H3;1H/q+1;/p-1. The molecule has 2 heterocycles. The van der Waals surface area contributed by atoms with Crippen LogP contribution in [0, 0.1) is 5.92 Å². The summed E-state index contributed by atoms with van der Waals surface area (Å²) in [5.74, 6) is 0.796. The van der Waals surface area contributed by atoms with Crippen LogP contribution in [0.5, 0.6) is 0 Å². The molecule has 0 radical (unpaired) electrons. The van der Waals surface area contributed by atoms with E-state index >= 15 is 0 Å². The Morgan fingerprint density at radius 2 is 1.92 bits per heavy atom. The van der Waals surface area contributed by atoms with Gasteiger partial charge in [-0.1, -0.05) is 0 Å². The lowest BCUT2D eigenvalue weighted by atomic mass is 9.77. The van der Waals surface area contributed by atoms with Crippen molar-refractivity contribution in [2.45, 2.75) is 31.4 Å². The molecular weight excluding hydrogens is 265 g/mol. The fraction of sp³-hybridized carbons (Fsp3) is 1.00. The third-order valence-corrected chi connectivity index (χ3v) is 3.52. The van der Waals surface area contributed by atoms with Gasteiger partial charge in [-0.15, -0.1) is 0 Å². The molecule has 12 heavy (non-hydrogen) atoms. The van der Waals surface area contributed by atoms with Crippen molar-refractivity contribution in [3.63, 3.8) is 0 Å². The fourth-order valence-corrected chi connectivity index (χ4v) is 3.00. The van der Waals surface area contributed by atoms with Gasteiger partial charge in [0.15, 0.2) is 0 Å². The molecule has 3 fully saturated rings. The molecule has 1 N–H and O–H groups in total. The van der Waals surface area contributed by atoms with E-state index in [9.17, 15) is 5.11 Å². The molecule has 2 nitrogen and oxygen atoms in total. The molecule has 0 amide bonds. The smallest absolute Gasteiger partial charge is 0.115 e. The van der Waals surface area contributed by atoms with Gasteiger partial charge in [0.2, 0.25) is 0 Å². The molecule has 3 rings (SSSR count). The molecule has 3 atom stereocenters. The van der Waals surface area contributed by atoms with Crippen LogP contribution >= 0.6 is 0 Å². The topological polar surface area (TPSA) is 20.2 Å². The van der Waals surface area contributed by atoms with Gasteiger partial charge < -0.3 is 33.6 Å². The molecular formula is C9H18INO. The van der Waals surface area contributed by atoms with Crippen molar-refractivity contribution in [3.05, 3.63) is 0 Å². The van der Waals surface area contributed by atoms with Gasteiger partial charge >= 0.3 is 0 Å². The summed E-state index contributed by atoms with van der Waals surface area (Å²) < 4.78 is 1.05. The van der Waals surface area contributed by atoms with Crippen molar-refractivity contribution in [2.75, 3.05) is 20.6 Å². The second-order valence-electron chi connectivity index (χ2n) is 4.77. The number of rotatable bonds is 0. The Morgan fingerprint density at radius 1 is 1.25 bits per heavy atom. The van der Waals surface area contributed by atoms with Gasteiger partial charge in [-0.05, 0) is 12.8 Å². The number of aliphatic hydroxyl groups is 1. The number of likely N-dealkylation sites (N-methyl/N-ethyl adjacent to an activating group) is 1. The molecule has 3 heteroatoms. The lowest BCUT2D eigenvalue weighted by molar-refractivity contribution is -0.933. The second-order valence-corrected chi connectivity index (χ2v) is 4.77. The number of hydrogen-bond donors (Lipinski definition) is 1. The fourth-order valence-electron chi connectivity index (χ4n) is 3.00. The first-order chi connectivity index (χ1) is 5.09. The van der Waals surface area contributed by atoms with Crippen LogP contribution in [0.3, 0.4) is 0 Å². The highest BCUT2D eigenvalue weighted by molar-refractivity contribution is 4.85. The number of hydrogen-bond acceptors (Lipinski definition) is 1. The number of fused-ring (bicyclic) bond motifs is 3. The van der Waals surface area contributed by atoms with Crippen molar-refractivity contribution in [2.24, 2.45) is 5.92 Å². The van der Waals surface area contributed by atoms with E-state index in [1.165, 1.54) is 19.4 Å². The maximum absolute atomic E-state index is 9.72. The molecule has 1 aliphatic carbocycles. The van der Waals surface area contributed by atoms with Gasteiger partial charge in [0.25, 0.3) is 0 Å². The van der Waals surface area contributed by atoms with E-state index in [-0.39, 0.29) is 30.1 Å². The average Bonchev–Trinajstić information content (AvgIpc) is 1.83. The minimum absolute atomic E-state index is 0. The van der Waals surface area contributed by atoms with E-state index in [1.807, 2.05) is 0 Å². The Bertz CT molecular complexity index is 172. The van der Waals surface area contributed by atoms with Gasteiger partial charge in [0.1, 0.15) is 12.1 Å². The molecule has 0 aromatic rings. The van der Waals surface area contributed by atoms with Gasteiger partial charge in [-0.2, -0.15) is 0 Å². The zero-order valence-corrected chi connectivity index (χ0v) is 9.99. The summed E-state index contributed by atoms with van der Waals surface area (Å²) in [6, 6.07) is 0.528. The summed E-state index contributed by atoms with van der Waals surface area (Å²) in [6.07, 6.45) is 3.63. The van der Waals surface area contributed by atoms with E-state index < -0.39 is 0 Å². The zero-order valence-electron chi connectivity index (χ0n) is 7.83. The van der Waals surface area contributed by atoms with Crippen molar-refractivity contribution in [1.29, 1.82) is 0 Å². The molecule has 2 aliphatic heterocycles. The first-order valence-corrected chi connectivity index (χ1v) is 4.60. The normalized spacial score (nSPS) is 43.8. The maximum Gasteiger partial charge on any atom is 0.115 e. The average molecular weight is 283 g/mol. The van der Waals surface area contributed by atoms with Crippen LogP contribution in [0.4, 0.5) is 0 Å². The minimum Gasteiger partial charge on any atom is -1.00 e. The van der Waals surface area contributed by atoms with Crippen molar-refractivity contribution in [1.82, 2.24) is 0 Å². The minimum atomic E-state index is -0.0162. The molecule has 3 aliphatic rings. The summed E-state index contributed by atoms with van der Waals surface area (Å²) in [4.78, 5) is 0. The summed E-state index contributed by atoms with van der Waals surface area (Å²) >= 11 is 0. The third kappa shape index (κ3) is 1.63. The lowest BCUT2D eigenvalue weighted by Gasteiger charge is -2.51. The SMILES string of the molecule is C[N+]1(C)CC2CCC1C(O)C2.[I-]. The van der Waals surface area contributed by atoms with Crippen LogP contribution in [0.25, 0.3) is 0 Å². The van der Waals surface area contributed by atoms with Crippen LogP contribution in [0.1, 0.15) is 19.3 Å². The highest BCUT2D eigenvalue weighted by Gasteiger charge is 2.46. The number of piperidine rings is 2. The predicted molar refractivity (Wildman–Crippen MR) is 44.1 cm³/mol. The van der Waals surface area contributed by atoms with Gasteiger partial charge in [-0.3, -0.25) is 0 Å². The number of aliphatic hydroxyl groups excluding tert-OH is 1. The van der Waals surface area contributed by atoms with Crippen molar-refractivity contribution >= 4 is 0 Å². The summed E-state index contributed by atoms with van der Waals surface area (Å²) in [5.41, 5.74) is 0. The largest absolute Gasteiger partial charge is 1.00 e. The van der Waals surface area contributed by atoms with E-state index in [1.54, 1.807) is 0 Å². The van der Waals surface area contributed by atoms with Crippen LogP contribution in [-0.4, -0.2) is 42.4 Å². The summed E-state index contributed by atoms with van der Waals surface area (Å²) in [6.45, 7) is 1.28. The van der Waals surface area contributed by atoms with E-state index in [4.69, 9.17) is 0 Å². The highest BCUT2D eigenvalue weighted by atomic mass is 127. The van der Waals surface area contributed by atoms with Crippen LogP contribution in [0.15, 0.2) is 0 Å². The molecule has 0 aromatic carbocycles. The van der Waals surface area contributed by atoms with Crippen molar-refractivity contribution in [3.8, 4) is 0 Å². The van der Waals surface area contributed by atoms with E-state index in [0.29, 0.717) is 6.04 Å². The molecule has 0 spiro atoms. The van der Waals surface area contributed by atoms with Crippen LogP contribution in [-0.2, 0) is 0 Å². The number of quaternary nitrogens is 1. The quantitative estimate of drug-likeness (QED) is 0.388. The first kappa shape index (κ1) is 10.7. The van der Waals surface area contributed by atoms with Gasteiger partial charge in [-0.25, -0.2) is 0 Å². The van der Waals surface area contributed by atoms with E-state index in [2.05, 4.69) is 14.1 Å². The molecule has 72 valence electrons.